The first-order chi connectivity index (χ1) is 13.0. The standard InChI is InChI=1S/C11H12N2O2.C4H9NO3.C2H5NO2/c12-9(11(14)15)5-7-6-13-10-4-2-1-3-8(7)10;1-2(6)3(5)4(7)8;3-1-2(4)5/h1-4,6,9,13H,5,12H2,(H,14,15);2-3,6H,5H2,1H3,(H,7,8);1,3H2,(H,4,5)/t9-;2-,3+;/m01./s1. The van der Waals surface area contributed by atoms with Crippen molar-refractivity contribution in [3.05, 3.63) is 36.0 Å². The largest absolute Gasteiger partial charge is 0.480 e. The molecule has 0 saturated heterocycles. The van der Waals surface area contributed by atoms with E-state index < -0.39 is 36.1 Å². The first-order valence-corrected chi connectivity index (χ1v) is 8.12. The molecule has 1 aromatic heterocycles. The minimum absolute atomic E-state index is 0.278. The molecule has 0 fully saturated rings. The van der Waals surface area contributed by atoms with Crippen molar-refractivity contribution in [2.45, 2.75) is 31.5 Å². The van der Waals surface area contributed by atoms with E-state index in [0.29, 0.717) is 6.42 Å². The van der Waals surface area contributed by atoms with Gasteiger partial charge in [0.25, 0.3) is 0 Å². The highest BCUT2D eigenvalue weighted by molar-refractivity contribution is 5.84. The Hall–Kier alpha value is -2.99. The summed E-state index contributed by atoms with van der Waals surface area (Å²) in [6, 6.07) is 5.76. The van der Waals surface area contributed by atoms with Gasteiger partial charge in [-0.15, -0.1) is 0 Å². The topological polar surface area (TPSA) is 226 Å². The summed E-state index contributed by atoms with van der Waals surface area (Å²) in [5, 5.41) is 33.9. The van der Waals surface area contributed by atoms with Gasteiger partial charge in [0.1, 0.15) is 12.1 Å². The lowest BCUT2D eigenvalue weighted by Crippen LogP contribution is -2.39. The van der Waals surface area contributed by atoms with Gasteiger partial charge in [-0.25, -0.2) is 0 Å². The molecule has 0 saturated carbocycles. The predicted octanol–water partition coefficient (Wildman–Crippen LogP) is -1.07. The number of H-pyrrole nitrogens is 1. The number of carboxylic acids is 3. The molecule has 0 radical (unpaired) electrons. The number of aliphatic hydroxyl groups is 1. The fourth-order valence-electron chi connectivity index (χ4n) is 1.83. The summed E-state index contributed by atoms with van der Waals surface area (Å²) in [6.45, 7) is 1.05. The SMILES string of the molecule is C[C@@H](O)[C@H](N)C(=O)O.NCC(=O)O.N[C@@H](Cc1c[nH]c2ccccc12)C(=O)O. The maximum atomic E-state index is 10.6. The van der Waals surface area contributed by atoms with Crippen LogP contribution in [0.2, 0.25) is 0 Å². The highest BCUT2D eigenvalue weighted by Gasteiger charge is 2.16. The molecule has 0 unspecified atom stereocenters. The van der Waals surface area contributed by atoms with Crippen LogP contribution in [0.3, 0.4) is 0 Å². The number of aliphatic hydroxyl groups excluding tert-OH is 1. The molecule has 0 aliphatic rings. The molecule has 156 valence electrons. The lowest BCUT2D eigenvalue weighted by atomic mass is 10.1. The van der Waals surface area contributed by atoms with Crippen LogP contribution < -0.4 is 17.2 Å². The Morgan fingerprint density at radius 2 is 1.61 bits per heavy atom. The Labute approximate surface area is 160 Å². The number of carboxylic acid groups (broad SMARTS) is 3. The van der Waals surface area contributed by atoms with Crippen LogP contribution in [0, 0.1) is 0 Å². The lowest BCUT2D eigenvalue weighted by Gasteiger charge is -2.06. The summed E-state index contributed by atoms with van der Waals surface area (Å²) < 4.78 is 0. The smallest absolute Gasteiger partial charge is 0.323 e. The van der Waals surface area contributed by atoms with E-state index in [2.05, 4.69) is 10.7 Å². The lowest BCUT2D eigenvalue weighted by molar-refractivity contribution is -0.141. The predicted molar refractivity (Wildman–Crippen MR) is 102 cm³/mol. The third-order valence-corrected chi connectivity index (χ3v) is 3.41. The van der Waals surface area contributed by atoms with Crippen molar-refractivity contribution in [2.75, 3.05) is 6.54 Å². The van der Waals surface area contributed by atoms with Crippen LogP contribution in [-0.4, -0.2) is 68.1 Å². The molecular formula is C17H26N4O7. The molecular weight excluding hydrogens is 372 g/mol. The van der Waals surface area contributed by atoms with E-state index in [1.165, 1.54) is 6.92 Å². The fraction of sp³-hybridized carbons (Fsp3) is 0.353. The molecule has 3 atom stereocenters. The normalized spacial score (nSPS) is 13.2. The van der Waals surface area contributed by atoms with E-state index in [-0.39, 0.29) is 6.54 Å². The van der Waals surface area contributed by atoms with Gasteiger partial charge < -0.3 is 42.6 Å². The number of aromatic nitrogens is 1. The minimum atomic E-state index is -1.18. The van der Waals surface area contributed by atoms with Crippen LogP contribution >= 0.6 is 0 Å². The van der Waals surface area contributed by atoms with E-state index in [0.717, 1.165) is 16.5 Å². The fourth-order valence-corrected chi connectivity index (χ4v) is 1.83. The van der Waals surface area contributed by atoms with E-state index in [1.54, 1.807) is 0 Å². The van der Waals surface area contributed by atoms with Gasteiger partial charge >= 0.3 is 17.9 Å². The highest BCUT2D eigenvalue weighted by atomic mass is 16.4. The second-order valence-electron chi connectivity index (χ2n) is 5.71. The molecule has 0 spiro atoms. The number of fused-ring (bicyclic) bond motifs is 1. The van der Waals surface area contributed by atoms with Crippen molar-refractivity contribution in [3.63, 3.8) is 0 Å². The highest BCUT2D eigenvalue weighted by Crippen LogP contribution is 2.18. The van der Waals surface area contributed by atoms with Crippen molar-refractivity contribution < 1.29 is 34.8 Å². The van der Waals surface area contributed by atoms with Crippen molar-refractivity contribution in [1.82, 2.24) is 4.98 Å². The van der Waals surface area contributed by atoms with E-state index in [1.807, 2.05) is 30.5 Å². The van der Waals surface area contributed by atoms with E-state index >= 15 is 0 Å². The van der Waals surface area contributed by atoms with Crippen molar-refractivity contribution in [2.24, 2.45) is 17.2 Å². The molecule has 1 aromatic carbocycles. The summed E-state index contributed by atoms with van der Waals surface area (Å²) in [4.78, 5) is 32.8. The molecule has 11 heteroatoms. The molecule has 11 nitrogen and oxygen atoms in total. The van der Waals surface area contributed by atoms with E-state index in [4.69, 9.17) is 31.9 Å². The number of aromatic amines is 1. The van der Waals surface area contributed by atoms with Gasteiger partial charge in [0, 0.05) is 23.5 Å². The van der Waals surface area contributed by atoms with Crippen LogP contribution in [0.25, 0.3) is 10.9 Å². The minimum Gasteiger partial charge on any atom is -0.480 e. The Morgan fingerprint density at radius 1 is 1.07 bits per heavy atom. The zero-order chi connectivity index (χ0) is 21.9. The van der Waals surface area contributed by atoms with Gasteiger partial charge in [-0.2, -0.15) is 0 Å². The third kappa shape index (κ3) is 9.09. The molecule has 11 N–H and O–H groups in total. The molecule has 0 aliphatic heterocycles. The summed E-state index contributed by atoms with van der Waals surface area (Å²) >= 11 is 0. The summed E-state index contributed by atoms with van der Waals surface area (Å²) in [7, 11) is 0. The van der Waals surface area contributed by atoms with Crippen LogP contribution in [0.15, 0.2) is 30.5 Å². The number of para-hydroxylation sites is 1. The zero-order valence-electron chi connectivity index (χ0n) is 15.3. The van der Waals surface area contributed by atoms with Gasteiger partial charge in [-0.3, -0.25) is 14.4 Å². The number of rotatable bonds is 6. The van der Waals surface area contributed by atoms with Crippen LogP contribution in [0.1, 0.15) is 12.5 Å². The van der Waals surface area contributed by atoms with E-state index in [9.17, 15) is 14.4 Å². The van der Waals surface area contributed by atoms with Crippen molar-refractivity contribution in [3.8, 4) is 0 Å². The van der Waals surface area contributed by atoms with Gasteiger partial charge in [0.05, 0.1) is 12.6 Å². The second-order valence-corrected chi connectivity index (χ2v) is 5.71. The van der Waals surface area contributed by atoms with Crippen molar-refractivity contribution >= 4 is 28.8 Å². The van der Waals surface area contributed by atoms with Gasteiger partial charge in [0.15, 0.2) is 0 Å². The van der Waals surface area contributed by atoms with Crippen LogP contribution in [-0.2, 0) is 20.8 Å². The Balaban J connectivity index is 0.000000474. The number of hydrogen-bond donors (Lipinski definition) is 8. The molecule has 2 aromatic rings. The average molecular weight is 398 g/mol. The van der Waals surface area contributed by atoms with Crippen LogP contribution in [0.4, 0.5) is 0 Å². The summed E-state index contributed by atoms with van der Waals surface area (Å²) in [6.07, 6.45) is 1.18. The maximum absolute atomic E-state index is 10.6. The molecule has 2 rings (SSSR count). The second kappa shape index (κ2) is 12.4. The number of hydrogen-bond acceptors (Lipinski definition) is 7. The number of benzene rings is 1. The maximum Gasteiger partial charge on any atom is 0.323 e. The Bertz CT molecular complexity index is 776. The Kier molecular flexibility index (Phi) is 11.1. The first-order valence-electron chi connectivity index (χ1n) is 8.12. The monoisotopic (exact) mass is 398 g/mol. The van der Waals surface area contributed by atoms with Gasteiger partial charge in [0.2, 0.25) is 0 Å². The zero-order valence-corrected chi connectivity index (χ0v) is 15.3. The Morgan fingerprint density at radius 3 is 2.00 bits per heavy atom. The molecule has 0 bridgehead atoms. The first kappa shape index (κ1) is 25.0. The quantitative estimate of drug-likeness (QED) is 0.294. The molecule has 0 amide bonds. The molecule has 1 heterocycles. The summed E-state index contributed by atoms with van der Waals surface area (Å²) in [5.74, 6) is -3.12. The van der Waals surface area contributed by atoms with Gasteiger partial charge in [-0.1, -0.05) is 18.2 Å². The van der Waals surface area contributed by atoms with Crippen LogP contribution in [0.5, 0.6) is 0 Å². The molecule has 0 aliphatic carbocycles. The molecule has 28 heavy (non-hydrogen) atoms. The third-order valence-electron chi connectivity index (χ3n) is 3.41. The van der Waals surface area contributed by atoms with Gasteiger partial charge in [-0.05, 0) is 18.6 Å². The van der Waals surface area contributed by atoms with Crippen molar-refractivity contribution in [1.29, 1.82) is 0 Å². The number of nitrogens with two attached hydrogens (primary N) is 3. The summed E-state index contributed by atoms with van der Waals surface area (Å²) in [5.41, 5.74) is 16.9. The number of nitrogens with one attached hydrogen (secondary N) is 1. The number of carbonyl (C=O) groups is 3. The number of aliphatic carboxylic acids is 3. The average Bonchev–Trinajstić information content (AvgIpc) is 3.04.